The maximum absolute atomic E-state index is 13.9. The van der Waals surface area contributed by atoms with Crippen molar-refractivity contribution in [2.24, 2.45) is 11.8 Å². The Labute approximate surface area is 325 Å². The number of carbonyl (C=O) groups is 4. The van der Waals surface area contributed by atoms with E-state index in [4.69, 9.17) is 0 Å². The van der Waals surface area contributed by atoms with Gasteiger partial charge in [0.15, 0.2) is 23.1 Å². The van der Waals surface area contributed by atoms with Gasteiger partial charge >= 0.3 is 0 Å². The van der Waals surface area contributed by atoms with Crippen LogP contribution in [0.1, 0.15) is 95.6 Å². The molecule has 4 aromatic carbocycles. The van der Waals surface area contributed by atoms with E-state index in [2.05, 4.69) is 10.6 Å². The molecule has 4 aromatic rings. The largest absolute Gasteiger partial charge is 0.507 e. The molecule has 10 nitrogen and oxygen atoms in total. The molecular weight excluding hydrogens is 709 g/mol. The molecule has 0 amide bonds. The lowest BCUT2D eigenvalue weighted by atomic mass is 9.75. The number of aliphatic hydroxyl groups is 2. The van der Waals surface area contributed by atoms with Crippen molar-refractivity contribution in [1.82, 2.24) is 0 Å². The van der Waals surface area contributed by atoms with E-state index in [-0.39, 0.29) is 68.3 Å². The van der Waals surface area contributed by atoms with Crippen LogP contribution in [0.15, 0.2) is 84.6 Å². The van der Waals surface area contributed by atoms with Crippen LogP contribution in [0.4, 0.5) is 11.4 Å². The third kappa shape index (κ3) is 6.68. The molecule has 0 spiro atoms. The van der Waals surface area contributed by atoms with E-state index in [9.17, 15) is 39.6 Å². The van der Waals surface area contributed by atoms with E-state index in [1.165, 1.54) is 26.2 Å². The van der Waals surface area contributed by atoms with Crippen molar-refractivity contribution < 1.29 is 39.6 Å². The Morgan fingerprint density at radius 2 is 0.875 bits per heavy atom. The van der Waals surface area contributed by atoms with E-state index in [1.54, 1.807) is 74.5 Å². The van der Waals surface area contributed by atoms with Crippen molar-refractivity contribution >= 4 is 56.8 Å². The van der Waals surface area contributed by atoms with Gasteiger partial charge in [-0.1, -0.05) is 39.8 Å². The molecule has 10 heteroatoms. The fourth-order valence-electron chi connectivity index (χ4n) is 7.54. The Hall–Kier alpha value is -6.68. The van der Waals surface area contributed by atoms with Gasteiger partial charge in [-0.05, 0) is 110 Å². The summed E-state index contributed by atoms with van der Waals surface area (Å²) in [6, 6.07) is 16.8. The van der Waals surface area contributed by atoms with Crippen LogP contribution in [0.5, 0.6) is 11.5 Å². The number of hydrogen-bond donors (Lipinski definition) is 6. The molecule has 0 aliphatic heterocycles. The summed E-state index contributed by atoms with van der Waals surface area (Å²) in [4.78, 5) is 51.5. The van der Waals surface area contributed by atoms with Crippen LogP contribution in [0, 0.1) is 25.7 Å². The maximum atomic E-state index is 13.9. The summed E-state index contributed by atoms with van der Waals surface area (Å²) in [5.74, 6) is -3.81. The number of aryl methyl sites for hydroxylation is 2. The zero-order valence-electron chi connectivity index (χ0n) is 32.5. The van der Waals surface area contributed by atoms with E-state index in [0.29, 0.717) is 55.9 Å². The number of rotatable bonds is 9. The second-order valence-corrected chi connectivity index (χ2v) is 14.8. The number of carbonyl (C=O) groups excluding carboxylic acids is 4. The summed E-state index contributed by atoms with van der Waals surface area (Å²) in [5.41, 5.74) is 5.38. The number of phenols is 2. The number of benzene rings is 4. The molecule has 6 rings (SSSR count). The lowest BCUT2D eigenvalue weighted by molar-refractivity contribution is -0.113. The first-order chi connectivity index (χ1) is 26.4. The monoisotopic (exact) mass is 752 g/mol. The molecule has 6 N–H and O–H groups in total. The zero-order chi connectivity index (χ0) is 40.9. The standard InChI is InChI=1S/C46H44N2O8/c1-21(2)35-31-17-23(5)37(43(53)39(31)33(41(51)45(35)55)19-47-29-13-9-27(10-14-29)25(7)49)38-24(6)18-32-36(22(3)4)46(56)42(52)34(40(32)44(38)54)20-48-30-15-11-28(12-16-30)26(8)50/h9-22,47-48,53-56H,1-8H3/b33-19-,34-20?. The average molecular weight is 753 g/mol. The molecule has 0 unspecified atom stereocenters. The number of allylic oxidation sites excluding steroid dienone is 4. The fraction of sp³-hybridized carbons (Fsp3) is 0.217. The second-order valence-electron chi connectivity index (χ2n) is 14.8. The quantitative estimate of drug-likeness (QED) is 0.0714. The fourth-order valence-corrected chi connectivity index (χ4v) is 7.54. The van der Waals surface area contributed by atoms with E-state index in [0.717, 1.165) is 0 Å². The SMILES string of the molecule is CC(=O)c1ccc(NC=C2C(=O)C(O)=C(C(C)C)c3cc(C)c(-c4c(C)cc5c(c4O)/C(=C/Nc4ccc(C(C)=O)cc4)C(=O)C(O)=C5C(C)C)c(O)c32)cc1. The highest BCUT2D eigenvalue weighted by Gasteiger charge is 2.38. The van der Waals surface area contributed by atoms with Crippen molar-refractivity contribution in [3.05, 3.63) is 129 Å². The molecule has 56 heavy (non-hydrogen) atoms. The van der Waals surface area contributed by atoms with Gasteiger partial charge in [0.25, 0.3) is 0 Å². The van der Waals surface area contributed by atoms with Crippen LogP contribution in [-0.2, 0) is 9.59 Å². The van der Waals surface area contributed by atoms with Crippen molar-refractivity contribution in [3.8, 4) is 22.6 Å². The smallest absolute Gasteiger partial charge is 0.229 e. The third-order valence-electron chi connectivity index (χ3n) is 10.3. The molecule has 2 aliphatic rings. The predicted molar refractivity (Wildman–Crippen MR) is 220 cm³/mol. The van der Waals surface area contributed by atoms with Gasteiger partial charge in [-0.3, -0.25) is 19.2 Å². The third-order valence-corrected chi connectivity index (χ3v) is 10.3. The lowest BCUT2D eigenvalue weighted by Crippen LogP contribution is -2.20. The van der Waals surface area contributed by atoms with Gasteiger partial charge in [0, 0.05) is 68.3 Å². The second kappa shape index (κ2) is 14.9. The number of Topliss-reactive ketones (excluding diaryl/α,β-unsaturated/α-hetero) is 4. The molecule has 286 valence electrons. The summed E-state index contributed by atoms with van der Waals surface area (Å²) in [5, 5.41) is 53.3. The Bertz CT molecular complexity index is 2320. The summed E-state index contributed by atoms with van der Waals surface area (Å²) >= 11 is 0. The first-order valence-electron chi connectivity index (χ1n) is 18.3. The van der Waals surface area contributed by atoms with E-state index >= 15 is 0 Å². The number of fused-ring (bicyclic) bond motifs is 2. The molecule has 0 fully saturated rings. The first kappa shape index (κ1) is 39.0. The average Bonchev–Trinajstić information content (AvgIpc) is 3.13. The van der Waals surface area contributed by atoms with Crippen LogP contribution in [0.3, 0.4) is 0 Å². The number of nitrogens with one attached hydrogen (secondary N) is 2. The number of anilines is 2. The number of aliphatic hydroxyl groups excluding tert-OH is 2. The minimum atomic E-state index is -0.717. The molecule has 2 aliphatic carbocycles. The summed E-state index contributed by atoms with van der Waals surface area (Å²) in [7, 11) is 0. The highest BCUT2D eigenvalue weighted by atomic mass is 16.3. The molecule has 0 saturated heterocycles. The Balaban J connectivity index is 1.58. The first-order valence-corrected chi connectivity index (χ1v) is 18.3. The van der Waals surface area contributed by atoms with Crippen LogP contribution in [-0.4, -0.2) is 43.6 Å². The number of aromatic hydroxyl groups is 2. The summed E-state index contributed by atoms with van der Waals surface area (Å²) in [6.45, 7) is 13.7. The minimum Gasteiger partial charge on any atom is -0.507 e. The van der Waals surface area contributed by atoms with Crippen LogP contribution < -0.4 is 10.6 Å². The summed E-state index contributed by atoms with van der Waals surface area (Å²) < 4.78 is 0. The summed E-state index contributed by atoms with van der Waals surface area (Å²) in [6.07, 6.45) is 2.79. The normalized spacial score (nSPS) is 15.5. The van der Waals surface area contributed by atoms with E-state index < -0.39 is 23.1 Å². The lowest BCUT2D eigenvalue weighted by Gasteiger charge is -2.29. The van der Waals surface area contributed by atoms with Gasteiger partial charge < -0.3 is 31.1 Å². The van der Waals surface area contributed by atoms with Crippen molar-refractivity contribution in [1.29, 1.82) is 0 Å². The Morgan fingerprint density at radius 1 is 0.554 bits per heavy atom. The van der Waals surface area contributed by atoms with Gasteiger partial charge in [0.1, 0.15) is 11.5 Å². The van der Waals surface area contributed by atoms with Gasteiger partial charge in [-0.25, -0.2) is 0 Å². The van der Waals surface area contributed by atoms with Gasteiger partial charge in [-0.2, -0.15) is 0 Å². The topological polar surface area (TPSA) is 173 Å². The molecule has 0 atom stereocenters. The van der Waals surface area contributed by atoms with Crippen molar-refractivity contribution in [3.63, 3.8) is 0 Å². The van der Waals surface area contributed by atoms with Gasteiger partial charge in [0.05, 0.1) is 11.1 Å². The molecule has 0 aromatic heterocycles. The van der Waals surface area contributed by atoms with Gasteiger partial charge in [0.2, 0.25) is 11.6 Å². The van der Waals surface area contributed by atoms with E-state index in [1.807, 2.05) is 27.7 Å². The zero-order valence-corrected chi connectivity index (χ0v) is 32.5. The predicted octanol–water partition coefficient (Wildman–Crippen LogP) is 9.71. The highest BCUT2D eigenvalue weighted by molar-refractivity contribution is 6.35. The molecular formula is C46H44N2O8. The molecule has 0 heterocycles. The minimum absolute atomic E-state index is 0.0305. The number of phenolic OH excluding ortho intramolecular Hbond substituents is 2. The van der Waals surface area contributed by atoms with Crippen molar-refractivity contribution in [2.75, 3.05) is 10.6 Å². The van der Waals surface area contributed by atoms with Crippen molar-refractivity contribution in [2.45, 2.75) is 55.4 Å². The Kier molecular flexibility index (Phi) is 10.4. The van der Waals surface area contributed by atoms with Crippen LogP contribution in [0.2, 0.25) is 0 Å². The highest BCUT2D eigenvalue weighted by Crippen LogP contribution is 2.53. The van der Waals surface area contributed by atoms with Gasteiger partial charge in [-0.15, -0.1) is 0 Å². The Morgan fingerprint density at radius 3 is 1.16 bits per heavy atom. The molecule has 0 saturated carbocycles. The maximum Gasteiger partial charge on any atom is 0.229 e. The number of ketones is 4. The number of hydrogen-bond acceptors (Lipinski definition) is 10. The molecule has 0 radical (unpaired) electrons. The van der Waals surface area contributed by atoms with Crippen LogP contribution in [0.25, 0.3) is 33.4 Å². The van der Waals surface area contributed by atoms with Crippen LogP contribution >= 0.6 is 0 Å². The molecule has 0 bridgehead atoms.